The van der Waals surface area contributed by atoms with Crippen molar-refractivity contribution in [1.82, 2.24) is 10.2 Å². The lowest BCUT2D eigenvalue weighted by atomic mass is 9.90. The molecule has 3 rings (SSSR count). The Labute approximate surface area is 127 Å². The fourth-order valence-corrected chi connectivity index (χ4v) is 3.16. The molecule has 1 saturated carbocycles. The van der Waals surface area contributed by atoms with Crippen LogP contribution < -0.4 is 5.32 Å². The molecule has 2 aliphatic rings. The second-order valence-corrected chi connectivity index (χ2v) is 6.49. The van der Waals surface area contributed by atoms with Crippen molar-refractivity contribution in [1.29, 1.82) is 0 Å². The molecule has 0 unspecified atom stereocenters. The number of amides is 1. The summed E-state index contributed by atoms with van der Waals surface area (Å²) in [6.45, 7) is 2.74. The van der Waals surface area contributed by atoms with Gasteiger partial charge in [0.15, 0.2) is 0 Å². The monoisotopic (exact) mass is 286 g/mol. The predicted octanol–water partition coefficient (Wildman–Crippen LogP) is 2.61. The van der Waals surface area contributed by atoms with Crippen molar-refractivity contribution in [2.45, 2.75) is 44.6 Å². The SMILES string of the molecule is O=C(CCNC1CC1)N1CCC(Cc2ccccc2)CC1. The van der Waals surface area contributed by atoms with Gasteiger partial charge in [0.2, 0.25) is 5.91 Å². The Hall–Kier alpha value is -1.35. The van der Waals surface area contributed by atoms with Gasteiger partial charge < -0.3 is 10.2 Å². The molecule has 1 saturated heterocycles. The normalized spacial score (nSPS) is 19.7. The quantitative estimate of drug-likeness (QED) is 0.872. The van der Waals surface area contributed by atoms with Crippen LogP contribution in [0, 0.1) is 5.92 Å². The number of hydrogen-bond acceptors (Lipinski definition) is 2. The summed E-state index contributed by atoms with van der Waals surface area (Å²) in [6.07, 6.45) is 6.71. The van der Waals surface area contributed by atoms with E-state index in [9.17, 15) is 4.79 Å². The number of likely N-dealkylation sites (tertiary alicyclic amines) is 1. The van der Waals surface area contributed by atoms with Crippen molar-refractivity contribution in [3.8, 4) is 0 Å². The molecule has 0 bridgehead atoms. The highest BCUT2D eigenvalue weighted by atomic mass is 16.2. The molecule has 0 radical (unpaired) electrons. The Bertz CT molecular complexity index is 448. The van der Waals surface area contributed by atoms with Crippen molar-refractivity contribution in [3.63, 3.8) is 0 Å². The van der Waals surface area contributed by atoms with Gasteiger partial charge in [-0.3, -0.25) is 4.79 Å². The molecule has 114 valence electrons. The van der Waals surface area contributed by atoms with Gasteiger partial charge >= 0.3 is 0 Å². The lowest BCUT2D eigenvalue weighted by Crippen LogP contribution is -2.40. The van der Waals surface area contributed by atoms with E-state index in [0.29, 0.717) is 18.4 Å². The van der Waals surface area contributed by atoms with E-state index in [1.807, 2.05) is 0 Å². The van der Waals surface area contributed by atoms with Gasteiger partial charge in [-0.05, 0) is 43.6 Å². The Balaban J connectivity index is 1.36. The van der Waals surface area contributed by atoms with E-state index in [0.717, 1.165) is 44.8 Å². The Morgan fingerprint density at radius 1 is 1.10 bits per heavy atom. The van der Waals surface area contributed by atoms with Gasteiger partial charge in [0.05, 0.1) is 0 Å². The summed E-state index contributed by atoms with van der Waals surface area (Å²) in [4.78, 5) is 14.2. The van der Waals surface area contributed by atoms with Crippen molar-refractivity contribution in [2.75, 3.05) is 19.6 Å². The minimum absolute atomic E-state index is 0.335. The molecule has 1 aliphatic carbocycles. The predicted molar refractivity (Wildman–Crippen MR) is 85.1 cm³/mol. The zero-order valence-corrected chi connectivity index (χ0v) is 12.8. The van der Waals surface area contributed by atoms with Crippen LogP contribution in [0.4, 0.5) is 0 Å². The van der Waals surface area contributed by atoms with Gasteiger partial charge in [-0.1, -0.05) is 30.3 Å². The number of nitrogens with zero attached hydrogens (tertiary/aromatic N) is 1. The Kier molecular flexibility index (Phi) is 4.91. The van der Waals surface area contributed by atoms with Gasteiger partial charge in [0.1, 0.15) is 0 Å². The zero-order chi connectivity index (χ0) is 14.5. The molecule has 1 amide bonds. The lowest BCUT2D eigenvalue weighted by Gasteiger charge is -2.32. The minimum atomic E-state index is 0.335. The molecule has 1 aromatic rings. The highest BCUT2D eigenvalue weighted by molar-refractivity contribution is 5.76. The van der Waals surface area contributed by atoms with Crippen LogP contribution in [-0.4, -0.2) is 36.5 Å². The van der Waals surface area contributed by atoms with Crippen LogP contribution >= 0.6 is 0 Å². The summed E-state index contributed by atoms with van der Waals surface area (Å²) in [6, 6.07) is 11.4. The molecule has 3 heteroatoms. The number of nitrogens with one attached hydrogen (secondary N) is 1. The molecule has 0 spiro atoms. The van der Waals surface area contributed by atoms with E-state index < -0.39 is 0 Å². The van der Waals surface area contributed by atoms with Gasteiger partial charge in [-0.25, -0.2) is 0 Å². The largest absolute Gasteiger partial charge is 0.343 e. The first-order valence-electron chi connectivity index (χ1n) is 8.36. The van der Waals surface area contributed by atoms with Crippen molar-refractivity contribution < 1.29 is 4.79 Å². The van der Waals surface area contributed by atoms with Crippen LogP contribution in [0.25, 0.3) is 0 Å². The molecule has 2 fully saturated rings. The van der Waals surface area contributed by atoms with E-state index in [2.05, 4.69) is 40.5 Å². The average molecular weight is 286 g/mol. The van der Waals surface area contributed by atoms with Gasteiger partial charge in [-0.15, -0.1) is 0 Å². The molecule has 0 atom stereocenters. The summed E-state index contributed by atoms with van der Waals surface area (Å²) in [5.41, 5.74) is 1.43. The number of piperidine rings is 1. The lowest BCUT2D eigenvalue weighted by molar-refractivity contribution is -0.132. The number of carbonyl (C=O) groups excluding carboxylic acids is 1. The maximum Gasteiger partial charge on any atom is 0.223 e. The first-order valence-corrected chi connectivity index (χ1v) is 8.36. The molecular formula is C18H26N2O. The first-order chi connectivity index (χ1) is 10.3. The summed E-state index contributed by atoms with van der Waals surface area (Å²) in [7, 11) is 0. The summed E-state index contributed by atoms with van der Waals surface area (Å²) in [5, 5.41) is 3.42. The van der Waals surface area contributed by atoms with Crippen LogP contribution in [0.1, 0.15) is 37.7 Å². The zero-order valence-electron chi connectivity index (χ0n) is 12.8. The van der Waals surface area contributed by atoms with E-state index in [-0.39, 0.29) is 0 Å². The van der Waals surface area contributed by atoms with E-state index >= 15 is 0 Å². The second-order valence-electron chi connectivity index (χ2n) is 6.49. The topological polar surface area (TPSA) is 32.3 Å². The third-order valence-corrected chi connectivity index (χ3v) is 4.68. The molecule has 21 heavy (non-hydrogen) atoms. The molecule has 1 aliphatic heterocycles. The molecule has 1 heterocycles. The fraction of sp³-hybridized carbons (Fsp3) is 0.611. The standard InChI is InChI=1S/C18H26N2O/c21-18(8-11-19-17-6-7-17)20-12-9-16(10-13-20)14-15-4-2-1-3-5-15/h1-5,16-17,19H,6-14H2. The molecule has 0 aromatic heterocycles. The Morgan fingerprint density at radius 2 is 1.81 bits per heavy atom. The molecule has 1 N–H and O–H groups in total. The van der Waals surface area contributed by atoms with Gasteiger partial charge in [0, 0.05) is 32.1 Å². The first kappa shape index (κ1) is 14.6. The number of hydrogen-bond donors (Lipinski definition) is 1. The van der Waals surface area contributed by atoms with Crippen LogP contribution in [0.2, 0.25) is 0 Å². The van der Waals surface area contributed by atoms with Crippen LogP contribution in [0.15, 0.2) is 30.3 Å². The van der Waals surface area contributed by atoms with E-state index in [1.165, 1.54) is 18.4 Å². The van der Waals surface area contributed by atoms with E-state index in [1.54, 1.807) is 0 Å². The average Bonchev–Trinajstić information content (AvgIpc) is 3.33. The third kappa shape index (κ3) is 4.57. The fourth-order valence-electron chi connectivity index (χ4n) is 3.16. The van der Waals surface area contributed by atoms with Crippen LogP contribution in [-0.2, 0) is 11.2 Å². The number of carbonyl (C=O) groups is 1. The van der Waals surface area contributed by atoms with Crippen molar-refractivity contribution in [3.05, 3.63) is 35.9 Å². The van der Waals surface area contributed by atoms with Crippen LogP contribution in [0.3, 0.4) is 0 Å². The smallest absolute Gasteiger partial charge is 0.223 e. The number of rotatable bonds is 6. The Morgan fingerprint density at radius 3 is 2.48 bits per heavy atom. The van der Waals surface area contributed by atoms with Crippen molar-refractivity contribution >= 4 is 5.91 Å². The summed E-state index contributed by atoms with van der Waals surface area (Å²) < 4.78 is 0. The minimum Gasteiger partial charge on any atom is -0.343 e. The van der Waals surface area contributed by atoms with Crippen LogP contribution in [0.5, 0.6) is 0 Å². The summed E-state index contributed by atoms with van der Waals surface area (Å²) >= 11 is 0. The maximum atomic E-state index is 12.2. The molecule has 1 aromatic carbocycles. The molecular weight excluding hydrogens is 260 g/mol. The third-order valence-electron chi connectivity index (χ3n) is 4.68. The van der Waals surface area contributed by atoms with Crippen molar-refractivity contribution in [2.24, 2.45) is 5.92 Å². The summed E-state index contributed by atoms with van der Waals surface area (Å²) in [5.74, 6) is 1.07. The van der Waals surface area contributed by atoms with E-state index in [4.69, 9.17) is 0 Å². The second kappa shape index (κ2) is 7.08. The maximum absolute atomic E-state index is 12.2. The number of benzene rings is 1. The highest BCUT2D eigenvalue weighted by Gasteiger charge is 2.24. The molecule has 3 nitrogen and oxygen atoms in total. The van der Waals surface area contributed by atoms with Gasteiger partial charge in [-0.2, -0.15) is 0 Å². The highest BCUT2D eigenvalue weighted by Crippen LogP contribution is 2.22. The van der Waals surface area contributed by atoms with Gasteiger partial charge in [0.25, 0.3) is 0 Å².